The first kappa shape index (κ1) is 17.8. The molecular weight excluding hydrogens is 350 g/mol. The Morgan fingerprint density at radius 1 is 1.15 bits per heavy atom. The normalized spacial score (nSPS) is 20.0. The van der Waals surface area contributed by atoms with Crippen molar-refractivity contribution >= 4 is 28.6 Å². The average molecular weight is 376 g/mol. The van der Waals surface area contributed by atoms with Gasteiger partial charge in [0, 0.05) is 43.7 Å². The molecular formula is C20H26ClN3O2. The summed E-state index contributed by atoms with van der Waals surface area (Å²) in [6, 6.07) is 5.52. The van der Waals surface area contributed by atoms with E-state index >= 15 is 0 Å². The Morgan fingerprint density at radius 3 is 2.85 bits per heavy atom. The summed E-state index contributed by atoms with van der Waals surface area (Å²) >= 11 is 6.01. The molecule has 1 aliphatic heterocycles. The molecule has 4 rings (SSSR count). The summed E-state index contributed by atoms with van der Waals surface area (Å²) in [5, 5.41) is 0.659. The molecule has 26 heavy (non-hydrogen) atoms. The second-order valence-corrected chi connectivity index (χ2v) is 8.02. The first-order valence-corrected chi connectivity index (χ1v) is 10.1. The smallest absolute Gasteiger partial charge is 0.222 e. The minimum atomic E-state index is 0.343. The van der Waals surface area contributed by atoms with Crippen molar-refractivity contribution in [1.82, 2.24) is 14.8 Å². The number of rotatable bonds is 4. The zero-order valence-corrected chi connectivity index (χ0v) is 15.9. The summed E-state index contributed by atoms with van der Waals surface area (Å²) in [4.78, 5) is 21.5. The highest BCUT2D eigenvalue weighted by atomic mass is 35.5. The van der Waals surface area contributed by atoms with Crippen molar-refractivity contribution < 1.29 is 9.21 Å². The molecule has 6 heteroatoms. The predicted molar refractivity (Wildman–Crippen MR) is 102 cm³/mol. The van der Waals surface area contributed by atoms with Crippen LogP contribution < -0.4 is 0 Å². The number of oxazole rings is 1. The third-order valence-electron chi connectivity index (χ3n) is 5.63. The highest BCUT2D eigenvalue weighted by molar-refractivity contribution is 6.31. The number of carbonyl (C=O) groups is 1. The molecule has 0 spiro atoms. The summed E-state index contributed by atoms with van der Waals surface area (Å²) in [6.07, 6.45) is 6.79. The Kier molecular flexibility index (Phi) is 5.46. The van der Waals surface area contributed by atoms with E-state index in [2.05, 4.69) is 14.8 Å². The van der Waals surface area contributed by atoms with E-state index in [1.807, 2.05) is 12.1 Å². The maximum atomic E-state index is 12.6. The molecule has 5 nitrogen and oxygen atoms in total. The van der Waals surface area contributed by atoms with E-state index in [9.17, 15) is 4.79 Å². The van der Waals surface area contributed by atoms with Gasteiger partial charge < -0.3 is 9.32 Å². The minimum Gasteiger partial charge on any atom is -0.439 e. The standard InChI is InChI=1S/C20H26ClN3O2/c21-16-6-7-17-18(13-16)26-19(22-17)14-23-8-3-9-24(11-10-23)20(25)12-15-4-1-2-5-15/h6-7,13,15H,1-5,8-12,14H2. The molecule has 1 saturated heterocycles. The summed E-state index contributed by atoms with van der Waals surface area (Å²) in [5.41, 5.74) is 1.57. The lowest BCUT2D eigenvalue weighted by Crippen LogP contribution is -2.35. The monoisotopic (exact) mass is 375 g/mol. The van der Waals surface area contributed by atoms with Gasteiger partial charge in [0.05, 0.1) is 6.54 Å². The Hall–Kier alpha value is -1.59. The minimum absolute atomic E-state index is 0.343. The number of amides is 1. The summed E-state index contributed by atoms with van der Waals surface area (Å²) < 4.78 is 5.84. The fourth-order valence-corrected chi connectivity index (χ4v) is 4.34. The molecule has 1 saturated carbocycles. The molecule has 140 valence electrons. The predicted octanol–water partition coefficient (Wildman–Crippen LogP) is 4.10. The molecule has 1 aliphatic carbocycles. The van der Waals surface area contributed by atoms with Crippen LogP contribution in [0.1, 0.15) is 44.4 Å². The molecule has 1 amide bonds. The first-order chi connectivity index (χ1) is 12.7. The molecule has 0 bridgehead atoms. The van der Waals surface area contributed by atoms with Crippen LogP contribution in [0.5, 0.6) is 0 Å². The van der Waals surface area contributed by atoms with Gasteiger partial charge in [-0.3, -0.25) is 9.69 Å². The van der Waals surface area contributed by atoms with Gasteiger partial charge in [-0.1, -0.05) is 24.4 Å². The SMILES string of the molecule is O=C(CC1CCCC1)N1CCCN(Cc2nc3ccc(Cl)cc3o2)CC1. The number of halogens is 1. The highest BCUT2D eigenvalue weighted by Gasteiger charge is 2.24. The third-order valence-corrected chi connectivity index (χ3v) is 5.87. The zero-order chi connectivity index (χ0) is 17.9. The van der Waals surface area contributed by atoms with Crippen molar-refractivity contribution in [1.29, 1.82) is 0 Å². The van der Waals surface area contributed by atoms with E-state index in [0.29, 0.717) is 29.3 Å². The lowest BCUT2D eigenvalue weighted by atomic mass is 10.0. The summed E-state index contributed by atoms with van der Waals surface area (Å²) in [5.74, 6) is 1.68. The lowest BCUT2D eigenvalue weighted by Gasteiger charge is -2.22. The number of carbonyl (C=O) groups excluding carboxylic acids is 1. The van der Waals surface area contributed by atoms with Crippen molar-refractivity contribution in [3.8, 4) is 0 Å². The van der Waals surface area contributed by atoms with Crippen molar-refractivity contribution in [3.63, 3.8) is 0 Å². The molecule has 2 fully saturated rings. The maximum absolute atomic E-state index is 12.6. The van der Waals surface area contributed by atoms with Crippen molar-refractivity contribution in [2.24, 2.45) is 5.92 Å². The van der Waals surface area contributed by atoms with E-state index in [0.717, 1.165) is 50.1 Å². The van der Waals surface area contributed by atoms with E-state index in [-0.39, 0.29) is 0 Å². The maximum Gasteiger partial charge on any atom is 0.222 e. The topological polar surface area (TPSA) is 49.6 Å². The molecule has 0 unspecified atom stereocenters. The Bertz CT molecular complexity index is 770. The van der Waals surface area contributed by atoms with Crippen LogP contribution in [0.25, 0.3) is 11.1 Å². The Morgan fingerprint density at radius 2 is 2.00 bits per heavy atom. The third kappa shape index (κ3) is 4.21. The van der Waals surface area contributed by atoms with Crippen LogP contribution in [0, 0.1) is 5.92 Å². The van der Waals surface area contributed by atoms with Crippen LogP contribution in [0.15, 0.2) is 22.6 Å². The first-order valence-electron chi connectivity index (χ1n) is 9.72. The molecule has 0 N–H and O–H groups in total. The van der Waals surface area contributed by atoms with Gasteiger partial charge >= 0.3 is 0 Å². The van der Waals surface area contributed by atoms with Crippen LogP contribution in [-0.2, 0) is 11.3 Å². The van der Waals surface area contributed by atoms with Gasteiger partial charge in [-0.25, -0.2) is 4.98 Å². The fraction of sp³-hybridized carbons (Fsp3) is 0.600. The van der Waals surface area contributed by atoms with Crippen LogP contribution in [0.4, 0.5) is 0 Å². The van der Waals surface area contributed by atoms with Gasteiger partial charge in [-0.2, -0.15) is 0 Å². The van der Waals surface area contributed by atoms with Crippen LogP contribution >= 0.6 is 11.6 Å². The number of hydrogen-bond donors (Lipinski definition) is 0. The van der Waals surface area contributed by atoms with Gasteiger partial charge in [0.2, 0.25) is 11.8 Å². The van der Waals surface area contributed by atoms with E-state index < -0.39 is 0 Å². The van der Waals surface area contributed by atoms with Crippen LogP contribution in [0.2, 0.25) is 5.02 Å². The summed E-state index contributed by atoms with van der Waals surface area (Å²) in [6.45, 7) is 4.18. The van der Waals surface area contributed by atoms with Gasteiger partial charge in [0.15, 0.2) is 5.58 Å². The quantitative estimate of drug-likeness (QED) is 0.807. The van der Waals surface area contributed by atoms with Gasteiger partial charge in [0.1, 0.15) is 5.52 Å². The number of hydrogen-bond acceptors (Lipinski definition) is 4. The fourth-order valence-electron chi connectivity index (χ4n) is 4.17. The van der Waals surface area contributed by atoms with E-state index in [4.69, 9.17) is 16.0 Å². The number of aromatic nitrogens is 1. The second kappa shape index (κ2) is 7.97. The largest absolute Gasteiger partial charge is 0.439 e. The number of fused-ring (bicyclic) bond motifs is 1. The molecule has 0 radical (unpaired) electrons. The van der Waals surface area contributed by atoms with Crippen molar-refractivity contribution in [3.05, 3.63) is 29.1 Å². The van der Waals surface area contributed by atoms with E-state index in [1.54, 1.807) is 6.07 Å². The molecule has 2 aliphatic rings. The molecule has 0 atom stereocenters. The second-order valence-electron chi connectivity index (χ2n) is 7.58. The number of nitrogens with zero attached hydrogens (tertiary/aromatic N) is 3. The lowest BCUT2D eigenvalue weighted by molar-refractivity contribution is -0.132. The molecule has 2 aromatic rings. The number of benzene rings is 1. The summed E-state index contributed by atoms with van der Waals surface area (Å²) in [7, 11) is 0. The van der Waals surface area contributed by atoms with Crippen molar-refractivity contribution in [2.45, 2.75) is 45.1 Å². The van der Waals surface area contributed by atoms with Gasteiger partial charge in [-0.15, -0.1) is 0 Å². The average Bonchev–Trinajstić information content (AvgIpc) is 3.19. The van der Waals surface area contributed by atoms with Crippen LogP contribution in [-0.4, -0.2) is 46.9 Å². The van der Waals surface area contributed by atoms with E-state index in [1.165, 1.54) is 25.7 Å². The zero-order valence-electron chi connectivity index (χ0n) is 15.1. The van der Waals surface area contributed by atoms with Gasteiger partial charge in [-0.05, 0) is 37.3 Å². The highest BCUT2D eigenvalue weighted by Crippen LogP contribution is 2.28. The Labute approximate surface area is 159 Å². The molecule has 1 aromatic carbocycles. The van der Waals surface area contributed by atoms with Crippen LogP contribution in [0.3, 0.4) is 0 Å². The van der Waals surface area contributed by atoms with Gasteiger partial charge in [0.25, 0.3) is 0 Å². The molecule has 1 aromatic heterocycles. The Balaban J connectivity index is 1.33. The molecule has 2 heterocycles. The van der Waals surface area contributed by atoms with Crippen molar-refractivity contribution in [2.75, 3.05) is 26.2 Å².